The summed E-state index contributed by atoms with van der Waals surface area (Å²) in [6.07, 6.45) is 4.69. The van der Waals surface area contributed by atoms with Crippen LogP contribution in [0.4, 0.5) is 11.5 Å². The Hall–Kier alpha value is -3.54. The lowest BCUT2D eigenvalue weighted by molar-refractivity contribution is 0.0951. The number of amides is 1. The van der Waals surface area contributed by atoms with E-state index in [4.69, 9.17) is 11.5 Å². The summed E-state index contributed by atoms with van der Waals surface area (Å²) >= 11 is 0. The number of anilines is 2. The second-order valence-electron chi connectivity index (χ2n) is 8.28. The second-order valence-corrected chi connectivity index (χ2v) is 8.28. The van der Waals surface area contributed by atoms with Crippen LogP contribution in [0.15, 0.2) is 42.5 Å². The molecule has 0 spiro atoms. The number of carbonyl (C=O) groups excluding carboxylic acids is 1. The van der Waals surface area contributed by atoms with Crippen LogP contribution < -0.4 is 16.8 Å². The van der Waals surface area contributed by atoms with E-state index >= 15 is 0 Å². The molecule has 158 valence electrons. The zero-order valence-electron chi connectivity index (χ0n) is 17.7. The molecule has 6 nitrogen and oxygen atoms in total. The first-order valence-corrected chi connectivity index (χ1v) is 10.9. The van der Waals surface area contributed by atoms with Crippen molar-refractivity contribution in [2.45, 2.75) is 45.7 Å². The number of nitrogens with zero attached hydrogens (tertiary/aromatic N) is 2. The maximum Gasteiger partial charge on any atom is 0.251 e. The summed E-state index contributed by atoms with van der Waals surface area (Å²) in [5.74, 6) is 0.317. The maximum atomic E-state index is 12.9. The minimum absolute atomic E-state index is 0.0733. The summed E-state index contributed by atoms with van der Waals surface area (Å²) in [7, 11) is 0. The van der Waals surface area contributed by atoms with Crippen molar-refractivity contribution in [2.24, 2.45) is 0 Å². The Bertz CT molecular complexity index is 1320. The van der Waals surface area contributed by atoms with Crippen molar-refractivity contribution in [3.63, 3.8) is 0 Å². The van der Waals surface area contributed by atoms with Crippen LogP contribution in [0.2, 0.25) is 0 Å². The molecule has 2 aromatic heterocycles. The first kappa shape index (κ1) is 19.4. The Morgan fingerprint density at radius 3 is 2.74 bits per heavy atom. The summed E-state index contributed by atoms with van der Waals surface area (Å²) in [6, 6.07) is 13.5. The van der Waals surface area contributed by atoms with Crippen LogP contribution in [0.3, 0.4) is 0 Å². The Labute approximate surface area is 181 Å². The third-order valence-corrected chi connectivity index (χ3v) is 6.33. The number of pyridine rings is 1. The number of aryl methyl sites for hydroxylation is 2. The van der Waals surface area contributed by atoms with Crippen LogP contribution in [0, 0.1) is 0 Å². The minimum atomic E-state index is -0.0733. The number of hydrogen-bond acceptors (Lipinski definition) is 4. The molecule has 1 aliphatic carbocycles. The van der Waals surface area contributed by atoms with Crippen LogP contribution in [-0.4, -0.2) is 15.5 Å². The fraction of sp³-hybridized carbons (Fsp3) is 0.280. The minimum Gasteiger partial charge on any atom is -0.398 e. The average Bonchev–Trinajstić information content (AvgIpc) is 3.10. The van der Waals surface area contributed by atoms with Gasteiger partial charge in [-0.05, 0) is 68.0 Å². The highest BCUT2D eigenvalue weighted by molar-refractivity contribution is 5.99. The van der Waals surface area contributed by atoms with E-state index in [1.54, 1.807) is 6.07 Å². The molecule has 0 unspecified atom stereocenters. The molecule has 0 aliphatic heterocycles. The fourth-order valence-electron chi connectivity index (χ4n) is 4.85. The van der Waals surface area contributed by atoms with Gasteiger partial charge in [0, 0.05) is 52.4 Å². The Morgan fingerprint density at radius 2 is 1.90 bits per heavy atom. The Balaban J connectivity index is 1.40. The van der Waals surface area contributed by atoms with Crippen LogP contribution in [0.1, 0.15) is 46.9 Å². The summed E-state index contributed by atoms with van der Waals surface area (Å²) in [5.41, 5.74) is 18.9. The van der Waals surface area contributed by atoms with Gasteiger partial charge in [0.1, 0.15) is 5.82 Å². The van der Waals surface area contributed by atoms with Crippen molar-refractivity contribution in [1.82, 2.24) is 14.9 Å². The van der Waals surface area contributed by atoms with Crippen molar-refractivity contribution in [2.75, 3.05) is 11.5 Å². The lowest BCUT2D eigenvalue weighted by atomic mass is 9.95. The van der Waals surface area contributed by atoms with Gasteiger partial charge in [-0.2, -0.15) is 0 Å². The molecule has 5 N–H and O–H groups in total. The summed E-state index contributed by atoms with van der Waals surface area (Å²) in [5, 5.41) is 5.13. The monoisotopic (exact) mass is 413 g/mol. The van der Waals surface area contributed by atoms with Crippen molar-refractivity contribution in [1.29, 1.82) is 0 Å². The number of rotatable bonds is 4. The normalized spacial score (nSPS) is 13.5. The predicted molar refractivity (Wildman–Crippen MR) is 126 cm³/mol. The molecule has 4 aromatic rings. The first-order chi connectivity index (χ1) is 15.0. The standard InChI is InChI=1S/C25H27N5O/c1-2-30-22-6-4-3-5-17(22)19-12-16(8-10-23(19)30)25(31)28-14-15-7-9-18-20(26)13-24(27)29-21(18)11-15/h7-13H,2-6,14H2,1H3,(H,28,31)(H4,26,27,29). The van der Waals surface area contributed by atoms with E-state index in [2.05, 4.69) is 33.9 Å². The summed E-state index contributed by atoms with van der Waals surface area (Å²) in [6.45, 7) is 3.56. The molecular weight excluding hydrogens is 386 g/mol. The zero-order valence-corrected chi connectivity index (χ0v) is 17.7. The highest BCUT2D eigenvalue weighted by Crippen LogP contribution is 2.33. The number of benzene rings is 2. The first-order valence-electron chi connectivity index (χ1n) is 10.9. The predicted octanol–water partition coefficient (Wildman–Crippen LogP) is 4.18. The molecule has 0 radical (unpaired) electrons. The van der Waals surface area contributed by atoms with Gasteiger partial charge in [0.15, 0.2) is 0 Å². The summed E-state index contributed by atoms with van der Waals surface area (Å²) in [4.78, 5) is 17.3. The second kappa shape index (κ2) is 7.61. The van der Waals surface area contributed by atoms with Gasteiger partial charge in [0.05, 0.1) is 5.52 Å². The molecule has 1 amide bonds. The third-order valence-electron chi connectivity index (χ3n) is 6.33. The van der Waals surface area contributed by atoms with Gasteiger partial charge in [-0.15, -0.1) is 0 Å². The van der Waals surface area contributed by atoms with Gasteiger partial charge in [-0.3, -0.25) is 4.79 Å². The maximum absolute atomic E-state index is 12.9. The van der Waals surface area contributed by atoms with Crippen molar-refractivity contribution < 1.29 is 4.79 Å². The lowest BCUT2D eigenvalue weighted by Gasteiger charge is -2.14. The Kier molecular flexibility index (Phi) is 4.77. The van der Waals surface area contributed by atoms with Gasteiger partial charge in [-0.25, -0.2) is 4.98 Å². The molecule has 6 heteroatoms. The quantitative estimate of drug-likeness (QED) is 0.467. The van der Waals surface area contributed by atoms with E-state index in [9.17, 15) is 4.79 Å². The average molecular weight is 414 g/mol. The van der Waals surface area contributed by atoms with Crippen LogP contribution in [-0.2, 0) is 25.9 Å². The largest absolute Gasteiger partial charge is 0.398 e. The highest BCUT2D eigenvalue weighted by Gasteiger charge is 2.20. The van der Waals surface area contributed by atoms with Gasteiger partial charge in [0.2, 0.25) is 0 Å². The number of nitrogens with two attached hydrogens (primary N) is 2. The number of hydrogen-bond donors (Lipinski definition) is 3. The number of aromatic nitrogens is 2. The molecule has 2 heterocycles. The Morgan fingerprint density at radius 1 is 1.06 bits per heavy atom. The molecule has 0 fully saturated rings. The van der Waals surface area contributed by atoms with E-state index in [1.807, 2.05) is 24.3 Å². The van der Waals surface area contributed by atoms with Crippen molar-refractivity contribution >= 4 is 39.2 Å². The van der Waals surface area contributed by atoms with Crippen LogP contribution in [0.25, 0.3) is 21.8 Å². The zero-order chi connectivity index (χ0) is 21.5. The molecule has 0 atom stereocenters. The third kappa shape index (κ3) is 3.38. The molecular formula is C25H27N5O. The van der Waals surface area contributed by atoms with Gasteiger partial charge < -0.3 is 21.4 Å². The molecule has 0 saturated carbocycles. The van der Waals surface area contributed by atoms with Gasteiger partial charge in [-0.1, -0.05) is 12.1 Å². The molecule has 0 bridgehead atoms. The topological polar surface area (TPSA) is 99.0 Å². The number of nitrogen functional groups attached to an aromatic ring is 2. The van der Waals surface area contributed by atoms with Crippen molar-refractivity contribution in [3.05, 3.63) is 64.8 Å². The van der Waals surface area contributed by atoms with Gasteiger partial charge in [0.25, 0.3) is 5.91 Å². The van der Waals surface area contributed by atoms with Crippen molar-refractivity contribution in [3.8, 4) is 0 Å². The molecule has 0 saturated heterocycles. The van der Waals surface area contributed by atoms with E-state index in [1.165, 1.54) is 35.0 Å². The van der Waals surface area contributed by atoms with Gasteiger partial charge >= 0.3 is 0 Å². The SMILES string of the molecule is CCn1c2c(c3cc(C(=O)NCc4ccc5c(N)cc(N)nc5c4)ccc31)CCCC2. The van der Waals surface area contributed by atoms with Crippen LogP contribution >= 0.6 is 0 Å². The molecule has 2 aromatic carbocycles. The molecule has 5 rings (SSSR count). The van der Waals surface area contributed by atoms with E-state index < -0.39 is 0 Å². The van der Waals surface area contributed by atoms with Crippen LogP contribution in [0.5, 0.6) is 0 Å². The van der Waals surface area contributed by atoms with E-state index in [0.29, 0.717) is 23.6 Å². The lowest BCUT2D eigenvalue weighted by Crippen LogP contribution is -2.22. The van der Waals surface area contributed by atoms with E-state index in [0.717, 1.165) is 35.9 Å². The summed E-state index contributed by atoms with van der Waals surface area (Å²) < 4.78 is 2.41. The number of carbonyl (C=O) groups is 1. The van der Waals surface area contributed by atoms with E-state index in [-0.39, 0.29) is 5.91 Å². The smallest absolute Gasteiger partial charge is 0.251 e. The molecule has 31 heavy (non-hydrogen) atoms. The number of fused-ring (bicyclic) bond motifs is 4. The highest BCUT2D eigenvalue weighted by atomic mass is 16.1. The molecule has 1 aliphatic rings. The fourth-order valence-corrected chi connectivity index (χ4v) is 4.85. The number of nitrogens with one attached hydrogen (secondary N) is 1.